The molecule has 1 heterocycles. The van der Waals surface area contributed by atoms with Crippen LogP contribution in [0.4, 0.5) is 0 Å². The Kier molecular flexibility index (Phi) is 7.22. The molecule has 1 saturated heterocycles. The Morgan fingerprint density at radius 2 is 2.00 bits per heavy atom. The van der Waals surface area contributed by atoms with E-state index in [2.05, 4.69) is 5.32 Å². The fraction of sp³-hybridized carbons (Fsp3) is 0.500. The van der Waals surface area contributed by atoms with Crippen LogP contribution in [0.2, 0.25) is 10.0 Å². The number of aliphatic carboxylic acids is 1. The molecule has 1 aliphatic heterocycles. The van der Waals surface area contributed by atoms with Gasteiger partial charge in [0.2, 0.25) is 0 Å². The van der Waals surface area contributed by atoms with Crippen molar-refractivity contribution < 1.29 is 19.4 Å². The Morgan fingerprint density at radius 3 is 2.58 bits per heavy atom. The van der Waals surface area contributed by atoms with Gasteiger partial charge in [-0.25, -0.2) is 0 Å². The van der Waals surface area contributed by atoms with Crippen LogP contribution in [0.1, 0.15) is 23.2 Å². The highest BCUT2D eigenvalue weighted by molar-refractivity contribution is 7.98. The molecule has 1 atom stereocenters. The zero-order valence-electron chi connectivity index (χ0n) is 13.2. The molecule has 0 saturated carbocycles. The molecular formula is C16H19Cl2NO4S. The third kappa shape index (κ3) is 4.79. The van der Waals surface area contributed by atoms with Crippen molar-refractivity contribution in [1.29, 1.82) is 0 Å². The average molecular weight is 392 g/mol. The summed E-state index contributed by atoms with van der Waals surface area (Å²) in [4.78, 5) is 24.7. The van der Waals surface area contributed by atoms with Crippen molar-refractivity contribution >= 4 is 46.8 Å². The lowest BCUT2D eigenvalue weighted by molar-refractivity contribution is -0.144. The van der Waals surface area contributed by atoms with E-state index in [1.54, 1.807) is 6.07 Å². The van der Waals surface area contributed by atoms with E-state index in [0.717, 1.165) is 4.90 Å². The Balaban J connectivity index is 2.06. The number of halogens is 2. The number of rotatable bonds is 6. The van der Waals surface area contributed by atoms with E-state index in [1.807, 2.05) is 6.26 Å². The first-order valence-corrected chi connectivity index (χ1v) is 9.54. The molecule has 1 unspecified atom stereocenters. The maximum atomic E-state index is 12.4. The second-order valence-electron chi connectivity index (χ2n) is 5.57. The number of hydrogen-bond donors (Lipinski definition) is 2. The molecule has 1 aliphatic rings. The number of ether oxygens (including phenoxy) is 1. The maximum absolute atomic E-state index is 12.4. The summed E-state index contributed by atoms with van der Waals surface area (Å²) in [6.07, 6.45) is 3.22. The monoisotopic (exact) mass is 391 g/mol. The first-order valence-electron chi connectivity index (χ1n) is 7.55. The maximum Gasteiger partial charge on any atom is 0.308 e. The van der Waals surface area contributed by atoms with E-state index >= 15 is 0 Å². The van der Waals surface area contributed by atoms with Gasteiger partial charge in [-0.15, -0.1) is 11.8 Å². The second kappa shape index (κ2) is 8.94. The van der Waals surface area contributed by atoms with Gasteiger partial charge in [-0.05, 0) is 37.1 Å². The van der Waals surface area contributed by atoms with Gasteiger partial charge in [0, 0.05) is 24.7 Å². The molecule has 0 aliphatic carbocycles. The van der Waals surface area contributed by atoms with Crippen molar-refractivity contribution in [3.63, 3.8) is 0 Å². The van der Waals surface area contributed by atoms with E-state index in [4.69, 9.17) is 27.9 Å². The predicted molar refractivity (Wildman–Crippen MR) is 95.2 cm³/mol. The van der Waals surface area contributed by atoms with Crippen LogP contribution >= 0.6 is 35.0 Å². The van der Waals surface area contributed by atoms with Gasteiger partial charge in [-0.2, -0.15) is 0 Å². The zero-order chi connectivity index (χ0) is 17.7. The molecule has 1 aromatic rings. The number of carbonyl (C=O) groups excluding carboxylic acids is 1. The average Bonchev–Trinajstić information content (AvgIpc) is 2.55. The normalized spacial score (nSPS) is 16.6. The molecule has 1 amide bonds. The summed E-state index contributed by atoms with van der Waals surface area (Å²) in [5.74, 6) is -1.94. The van der Waals surface area contributed by atoms with Crippen LogP contribution < -0.4 is 5.32 Å². The van der Waals surface area contributed by atoms with Crippen LogP contribution in [0, 0.1) is 11.8 Å². The highest BCUT2D eigenvalue weighted by atomic mass is 35.5. The van der Waals surface area contributed by atoms with E-state index < -0.39 is 17.8 Å². The Morgan fingerprint density at radius 1 is 1.33 bits per heavy atom. The van der Waals surface area contributed by atoms with E-state index in [-0.39, 0.29) is 17.5 Å². The van der Waals surface area contributed by atoms with Gasteiger partial charge in [-0.3, -0.25) is 9.59 Å². The molecule has 1 aromatic carbocycles. The van der Waals surface area contributed by atoms with Gasteiger partial charge in [0.25, 0.3) is 5.91 Å². The topological polar surface area (TPSA) is 75.6 Å². The summed E-state index contributed by atoms with van der Waals surface area (Å²) >= 11 is 13.6. The SMILES string of the molecule is CSc1cc(C(=O)NCC(C(=O)O)C2CCOCC2)c(Cl)cc1Cl. The minimum Gasteiger partial charge on any atom is -0.481 e. The standard InChI is InChI=1S/C16H19Cl2NO4S/c1-24-14-6-10(12(17)7-13(14)18)15(20)19-8-11(16(21)22)9-2-4-23-5-3-9/h6-7,9,11H,2-5,8H2,1H3,(H,19,20)(H,21,22). The lowest BCUT2D eigenvalue weighted by Crippen LogP contribution is -2.39. The fourth-order valence-electron chi connectivity index (χ4n) is 2.73. The number of carboxylic acid groups (broad SMARTS) is 1. The highest BCUT2D eigenvalue weighted by Gasteiger charge is 2.30. The zero-order valence-corrected chi connectivity index (χ0v) is 15.5. The Hall–Kier alpha value is -0.950. The summed E-state index contributed by atoms with van der Waals surface area (Å²) in [5, 5.41) is 12.9. The highest BCUT2D eigenvalue weighted by Crippen LogP contribution is 2.31. The first-order chi connectivity index (χ1) is 11.4. The predicted octanol–water partition coefficient (Wildman–Crippen LogP) is 3.57. The molecule has 2 rings (SSSR count). The molecule has 5 nitrogen and oxygen atoms in total. The van der Waals surface area contributed by atoms with Gasteiger partial charge in [0.1, 0.15) is 0 Å². The van der Waals surface area contributed by atoms with Gasteiger partial charge in [-0.1, -0.05) is 23.2 Å². The number of benzene rings is 1. The molecule has 1 fully saturated rings. The Labute approximate surface area is 155 Å². The molecule has 0 radical (unpaired) electrons. The van der Waals surface area contributed by atoms with Crippen molar-refractivity contribution in [2.24, 2.45) is 11.8 Å². The van der Waals surface area contributed by atoms with Gasteiger partial charge in [0.05, 0.1) is 21.5 Å². The number of carboxylic acids is 1. The quantitative estimate of drug-likeness (QED) is 0.724. The van der Waals surface area contributed by atoms with Gasteiger partial charge < -0.3 is 15.2 Å². The summed E-state index contributed by atoms with van der Waals surface area (Å²) in [5.41, 5.74) is 0.293. The first kappa shape index (κ1) is 19.4. The van der Waals surface area contributed by atoms with Crippen molar-refractivity contribution in [3.8, 4) is 0 Å². The molecule has 0 spiro atoms. The third-order valence-electron chi connectivity index (χ3n) is 4.12. The van der Waals surface area contributed by atoms with Crippen LogP contribution in [0.15, 0.2) is 17.0 Å². The summed E-state index contributed by atoms with van der Waals surface area (Å²) in [6.45, 7) is 1.18. The minimum absolute atomic E-state index is 0.000928. The van der Waals surface area contributed by atoms with Crippen LogP contribution in [-0.2, 0) is 9.53 Å². The van der Waals surface area contributed by atoms with E-state index in [0.29, 0.717) is 36.6 Å². The molecule has 24 heavy (non-hydrogen) atoms. The molecular weight excluding hydrogens is 373 g/mol. The number of thioether (sulfide) groups is 1. The lowest BCUT2D eigenvalue weighted by Gasteiger charge is -2.27. The van der Waals surface area contributed by atoms with Crippen LogP contribution in [-0.4, -0.2) is 43.0 Å². The van der Waals surface area contributed by atoms with Gasteiger partial charge >= 0.3 is 5.97 Å². The minimum atomic E-state index is -0.908. The number of nitrogens with one attached hydrogen (secondary N) is 1. The molecule has 0 aromatic heterocycles. The van der Waals surface area contributed by atoms with E-state index in [1.165, 1.54) is 17.8 Å². The van der Waals surface area contributed by atoms with Crippen molar-refractivity contribution in [1.82, 2.24) is 5.32 Å². The molecule has 0 bridgehead atoms. The Bertz CT molecular complexity index is 620. The van der Waals surface area contributed by atoms with Crippen molar-refractivity contribution in [2.75, 3.05) is 26.0 Å². The third-order valence-corrected chi connectivity index (χ3v) is 5.64. The van der Waals surface area contributed by atoms with Gasteiger partial charge in [0.15, 0.2) is 0 Å². The second-order valence-corrected chi connectivity index (χ2v) is 7.23. The lowest BCUT2D eigenvalue weighted by atomic mass is 9.86. The van der Waals surface area contributed by atoms with Crippen molar-refractivity contribution in [3.05, 3.63) is 27.7 Å². The number of carbonyl (C=O) groups is 2. The van der Waals surface area contributed by atoms with Crippen LogP contribution in [0.5, 0.6) is 0 Å². The van der Waals surface area contributed by atoms with Crippen molar-refractivity contribution in [2.45, 2.75) is 17.7 Å². The summed E-state index contributed by atoms with van der Waals surface area (Å²) in [7, 11) is 0. The molecule has 2 N–H and O–H groups in total. The van der Waals surface area contributed by atoms with Crippen LogP contribution in [0.25, 0.3) is 0 Å². The number of hydrogen-bond acceptors (Lipinski definition) is 4. The fourth-order valence-corrected chi connectivity index (χ4v) is 3.92. The smallest absolute Gasteiger partial charge is 0.308 e. The summed E-state index contributed by atoms with van der Waals surface area (Å²) < 4.78 is 5.26. The molecule has 132 valence electrons. The molecule has 8 heteroatoms. The summed E-state index contributed by atoms with van der Waals surface area (Å²) in [6, 6.07) is 3.14. The van der Waals surface area contributed by atoms with Crippen LogP contribution in [0.3, 0.4) is 0 Å². The largest absolute Gasteiger partial charge is 0.481 e. The van der Waals surface area contributed by atoms with E-state index in [9.17, 15) is 14.7 Å². The number of amides is 1.